The van der Waals surface area contributed by atoms with Gasteiger partial charge in [-0.15, -0.1) is 11.3 Å². The molecular formula is C10H9ClN2O3S3. The van der Waals surface area contributed by atoms with E-state index < -0.39 is 10.1 Å². The molecule has 0 aromatic carbocycles. The van der Waals surface area contributed by atoms with Gasteiger partial charge >= 0.3 is 10.1 Å². The maximum Gasteiger partial charge on any atom is 0.350 e. The maximum atomic E-state index is 12.0. The molecule has 9 heteroatoms. The Kier molecular flexibility index (Phi) is 4.34. The Morgan fingerprint density at radius 2 is 2.11 bits per heavy atom. The lowest BCUT2D eigenvalue weighted by Crippen LogP contribution is -2.09. The molecule has 5 nitrogen and oxygen atoms in total. The number of nitrogens with zero attached hydrogens (tertiary/aromatic N) is 2. The molecule has 0 atom stereocenters. The molecule has 0 N–H and O–H groups in total. The quantitative estimate of drug-likeness (QED) is 0.485. The molecule has 102 valence electrons. The first-order valence-electron chi connectivity index (χ1n) is 5.00. The number of halogens is 1. The van der Waals surface area contributed by atoms with Gasteiger partial charge in [-0.2, -0.15) is 13.4 Å². The normalized spacial score (nSPS) is 11.5. The molecule has 0 saturated carbocycles. The first-order valence-corrected chi connectivity index (χ1v) is 8.83. The van der Waals surface area contributed by atoms with E-state index in [0.29, 0.717) is 15.2 Å². The van der Waals surface area contributed by atoms with Gasteiger partial charge in [-0.1, -0.05) is 23.4 Å². The van der Waals surface area contributed by atoms with Crippen molar-refractivity contribution in [3.63, 3.8) is 0 Å². The van der Waals surface area contributed by atoms with Gasteiger partial charge in [0.15, 0.2) is 9.37 Å². The SMILES string of the molecule is CSc1nc(C)cc(OS(=O)(=O)c2ccc(Cl)s2)n1. The first-order chi connectivity index (χ1) is 8.90. The van der Waals surface area contributed by atoms with Crippen molar-refractivity contribution >= 4 is 44.8 Å². The van der Waals surface area contributed by atoms with Gasteiger partial charge in [0.2, 0.25) is 5.88 Å². The van der Waals surface area contributed by atoms with E-state index in [1.165, 1.54) is 30.0 Å². The van der Waals surface area contributed by atoms with Gasteiger partial charge < -0.3 is 4.18 Å². The molecule has 2 heterocycles. The predicted octanol–water partition coefficient (Wildman–Crippen LogP) is 2.99. The van der Waals surface area contributed by atoms with E-state index in [2.05, 4.69) is 9.97 Å². The summed E-state index contributed by atoms with van der Waals surface area (Å²) in [4.78, 5) is 8.11. The van der Waals surface area contributed by atoms with E-state index in [0.717, 1.165) is 11.3 Å². The third kappa shape index (κ3) is 3.59. The molecule has 0 unspecified atom stereocenters. The fraction of sp³-hybridized carbons (Fsp3) is 0.200. The van der Waals surface area contributed by atoms with Gasteiger partial charge in [-0.25, -0.2) is 4.98 Å². The average molecular weight is 337 g/mol. The lowest BCUT2D eigenvalue weighted by atomic mass is 10.4. The van der Waals surface area contributed by atoms with Crippen molar-refractivity contribution in [2.75, 3.05) is 6.26 Å². The molecule has 19 heavy (non-hydrogen) atoms. The summed E-state index contributed by atoms with van der Waals surface area (Å²) in [6.45, 7) is 1.74. The van der Waals surface area contributed by atoms with Crippen LogP contribution in [0, 0.1) is 6.92 Å². The fourth-order valence-corrected chi connectivity index (χ4v) is 3.97. The molecule has 0 amide bonds. The highest BCUT2D eigenvalue weighted by Gasteiger charge is 2.20. The summed E-state index contributed by atoms with van der Waals surface area (Å²) in [5, 5.41) is 0.453. The molecule has 2 aromatic rings. The second kappa shape index (κ2) is 5.66. The standard InChI is InChI=1S/C10H9ClN2O3S3/c1-6-5-8(13-10(12-6)17-2)16-19(14,15)9-4-3-7(11)18-9/h3-5H,1-2H3. The molecule has 0 spiro atoms. The van der Waals surface area contributed by atoms with Crippen LogP contribution in [0.4, 0.5) is 0 Å². The zero-order valence-corrected chi connectivity index (χ0v) is 13.2. The molecular weight excluding hydrogens is 328 g/mol. The van der Waals surface area contributed by atoms with Crippen molar-refractivity contribution in [2.24, 2.45) is 0 Å². The summed E-state index contributed by atoms with van der Waals surface area (Å²) in [6, 6.07) is 4.36. The van der Waals surface area contributed by atoms with Crippen LogP contribution in [0.5, 0.6) is 5.88 Å². The topological polar surface area (TPSA) is 69.2 Å². The van der Waals surface area contributed by atoms with E-state index in [1.54, 1.807) is 13.2 Å². The summed E-state index contributed by atoms with van der Waals surface area (Å²) in [5.41, 5.74) is 0.633. The average Bonchev–Trinajstić information content (AvgIpc) is 2.75. The van der Waals surface area contributed by atoms with Gasteiger partial charge in [-0.3, -0.25) is 0 Å². The number of hydrogen-bond donors (Lipinski definition) is 0. The van der Waals surface area contributed by atoms with Crippen molar-refractivity contribution in [3.8, 4) is 5.88 Å². The van der Waals surface area contributed by atoms with Crippen molar-refractivity contribution in [1.29, 1.82) is 0 Å². The van der Waals surface area contributed by atoms with Crippen LogP contribution in [-0.4, -0.2) is 24.6 Å². The van der Waals surface area contributed by atoms with E-state index in [9.17, 15) is 8.42 Å². The highest BCUT2D eigenvalue weighted by atomic mass is 35.5. The Bertz CT molecular complexity index is 700. The van der Waals surface area contributed by atoms with Crippen molar-refractivity contribution in [3.05, 3.63) is 28.2 Å². The Hall–Kier alpha value is -0.830. The van der Waals surface area contributed by atoms with Crippen LogP contribution in [0.25, 0.3) is 0 Å². The molecule has 0 aliphatic carbocycles. The molecule has 2 aromatic heterocycles. The van der Waals surface area contributed by atoms with E-state index in [1.807, 2.05) is 0 Å². The Morgan fingerprint density at radius 3 is 2.68 bits per heavy atom. The van der Waals surface area contributed by atoms with Gasteiger partial charge in [0, 0.05) is 11.8 Å². The number of hydrogen-bond acceptors (Lipinski definition) is 7. The minimum absolute atomic E-state index is 0.00127. The maximum absolute atomic E-state index is 12.0. The number of aromatic nitrogens is 2. The van der Waals surface area contributed by atoms with E-state index in [-0.39, 0.29) is 10.1 Å². The van der Waals surface area contributed by atoms with Crippen LogP contribution in [0.3, 0.4) is 0 Å². The Labute approximate surface area is 124 Å². The van der Waals surface area contributed by atoms with Gasteiger partial charge in [0.1, 0.15) is 0 Å². The number of aryl methyl sites for hydroxylation is 1. The van der Waals surface area contributed by atoms with Gasteiger partial charge in [0.05, 0.1) is 4.34 Å². The van der Waals surface area contributed by atoms with Gasteiger partial charge in [-0.05, 0) is 25.3 Å². The van der Waals surface area contributed by atoms with Crippen LogP contribution < -0.4 is 4.18 Å². The molecule has 0 aliphatic rings. The second-order valence-corrected chi connectivity index (χ2v) is 7.69. The third-order valence-electron chi connectivity index (χ3n) is 1.98. The minimum atomic E-state index is -3.90. The summed E-state index contributed by atoms with van der Waals surface area (Å²) < 4.78 is 29.4. The smallest absolute Gasteiger partial charge is 0.350 e. The summed E-state index contributed by atoms with van der Waals surface area (Å²) >= 11 is 7.95. The van der Waals surface area contributed by atoms with E-state index >= 15 is 0 Å². The monoisotopic (exact) mass is 336 g/mol. The lowest BCUT2D eigenvalue weighted by Gasteiger charge is -2.05. The highest BCUT2D eigenvalue weighted by Crippen LogP contribution is 2.28. The highest BCUT2D eigenvalue weighted by molar-refractivity contribution is 7.98. The lowest BCUT2D eigenvalue weighted by molar-refractivity contribution is 0.473. The summed E-state index contributed by atoms with van der Waals surface area (Å²) in [5.74, 6) is 0.00127. The van der Waals surface area contributed by atoms with Crippen LogP contribution >= 0.6 is 34.7 Å². The fourth-order valence-electron chi connectivity index (χ4n) is 1.23. The Balaban J connectivity index is 2.32. The van der Waals surface area contributed by atoms with E-state index in [4.69, 9.17) is 15.8 Å². The summed E-state index contributed by atoms with van der Waals surface area (Å²) in [7, 11) is -3.90. The second-order valence-electron chi connectivity index (χ2n) is 3.43. The molecule has 0 fully saturated rings. The van der Waals surface area contributed by atoms with Crippen molar-refractivity contribution < 1.29 is 12.6 Å². The van der Waals surface area contributed by atoms with Crippen LogP contribution in [0.2, 0.25) is 4.34 Å². The van der Waals surface area contributed by atoms with Crippen LogP contribution in [0.1, 0.15) is 5.69 Å². The van der Waals surface area contributed by atoms with Crippen LogP contribution in [-0.2, 0) is 10.1 Å². The zero-order valence-electron chi connectivity index (χ0n) is 9.95. The largest absolute Gasteiger partial charge is 0.357 e. The minimum Gasteiger partial charge on any atom is -0.357 e. The molecule has 0 saturated heterocycles. The molecule has 0 bridgehead atoms. The zero-order chi connectivity index (χ0) is 14.0. The first kappa shape index (κ1) is 14.6. The predicted molar refractivity (Wildman–Crippen MR) is 75.7 cm³/mol. The van der Waals surface area contributed by atoms with Gasteiger partial charge in [0.25, 0.3) is 0 Å². The summed E-state index contributed by atoms with van der Waals surface area (Å²) in [6.07, 6.45) is 1.80. The van der Waals surface area contributed by atoms with Crippen LogP contribution in [0.15, 0.2) is 27.6 Å². The third-order valence-corrected chi connectivity index (χ3v) is 5.44. The molecule has 0 radical (unpaired) electrons. The molecule has 2 rings (SSSR count). The number of thiophene rings is 1. The van der Waals surface area contributed by atoms with Crippen molar-refractivity contribution in [2.45, 2.75) is 16.3 Å². The molecule has 0 aliphatic heterocycles. The number of rotatable bonds is 4. The number of thioether (sulfide) groups is 1. The van der Waals surface area contributed by atoms with Crippen molar-refractivity contribution in [1.82, 2.24) is 9.97 Å². The Morgan fingerprint density at radius 1 is 1.37 bits per heavy atom.